The molecule has 0 bridgehead atoms. The Hall–Kier alpha value is -1.44. The van der Waals surface area contributed by atoms with Gasteiger partial charge < -0.3 is 19.8 Å². The fourth-order valence-corrected chi connectivity index (χ4v) is 3.80. The molecule has 1 unspecified atom stereocenters. The van der Waals surface area contributed by atoms with Crippen LogP contribution in [0.1, 0.15) is 59.3 Å². The summed E-state index contributed by atoms with van der Waals surface area (Å²) in [7, 11) is 0. The van der Waals surface area contributed by atoms with Gasteiger partial charge in [-0.15, -0.1) is 0 Å². The summed E-state index contributed by atoms with van der Waals surface area (Å²) in [5.74, 6) is -4.14. The Balaban J connectivity index is 2.24. The number of likely N-dealkylation sites (tertiary alicyclic amines) is 1. The minimum absolute atomic E-state index is 0.143. The molecule has 0 aromatic carbocycles. The first-order valence-corrected chi connectivity index (χ1v) is 8.62. The van der Waals surface area contributed by atoms with E-state index in [2.05, 4.69) is 0 Å². The predicted octanol–water partition coefficient (Wildman–Crippen LogP) is 3.03. The fraction of sp³-hybridized carbons (Fsp3) is 0.882. The van der Waals surface area contributed by atoms with Crippen molar-refractivity contribution in [3.63, 3.8) is 0 Å². The Morgan fingerprint density at radius 3 is 2.12 bits per heavy atom. The van der Waals surface area contributed by atoms with Gasteiger partial charge in [0.15, 0.2) is 0 Å². The molecule has 2 fully saturated rings. The van der Waals surface area contributed by atoms with Gasteiger partial charge in [-0.1, -0.05) is 0 Å². The number of carbonyl (C=O) groups excluding carboxylic acids is 1. The van der Waals surface area contributed by atoms with Crippen LogP contribution in [-0.2, 0) is 9.53 Å². The zero-order valence-electron chi connectivity index (χ0n) is 15.0. The summed E-state index contributed by atoms with van der Waals surface area (Å²) in [5, 5.41) is 20.8. The molecule has 0 aromatic heterocycles. The van der Waals surface area contributed by atoms with Gasteiger partial charge >= 0.3 is 12.1 Å². The number of hydrogen-bond donors (Lipinski definition) is 2. The lowest BCUT2D eigenvalue weighted by atomic mass is 9.61. The van der Waals surface area contributed by atoms with Crippen molar-refractivity contribution in [2.24, 2.45) is 5.41 Å². The van der Waals surface area contributed by atoms with E-state index in [0.29, 0.717) is 13.0 Å². The van der Waals surface area contributed by atoms with Crippen LogP contribution in [0.4, 0.5) is 13.6 Å². The van der Waals surface area contributed by atoms with Crippen molar-refractivity contribution in [2.45, 2.75) is 76.4 Å². The van der Waals surface area contributed by atoms with Gasteiger partial charge in [0.25, 0.3) is 0 Å². The minimum Gasteiger partial charge on any atom is -0.481 e. The average molecular weight is 363 g/mol. The third-order valence-electron chi connectivity index (χ3n) is 5.25. The molecule has 2 N–H and O–H groups in total. The lowest BCUT2D eigenvalue weighted by Gasteiger charge is -2.51. The van der Waals surface area contributed by atoms with E-state index in [9.17, 15) is 28.6 Å². The van der Waals surface area contributed by atoms with E-state index in [0.717, 1.165) is 0 Å². The van der Waals surface area contributed by atoms with E-state index in [-0.39, 0.29) is 25.8 Å². The molecule has 2 aliphatic rings. The lowest BCUT2D eigenvalue weighted by molar-refractivity contribution is -0.197. The number of carbonyl (C=O) groups is 2. The SMILES string of the molecule is CC(C)(C)OC(=O)N1CCCC(C(=O)O)(C2(O)CCC(F)(F)CC2)C1. The molecule has 6 nitrogen and oxygen atoms in total. The molecule has 0 aromatic rings. The van der Waals surface area contributed by atoms with Gasteiger partial charge in [-0.05, 0) is 46.5 Å². The second kappa shape index (κ2) is 6.37. The van der Waals surface area contributed by atoms with Gasteiger partial charge in [-0.2, -0.15) is 0 Å². The van der Waals surface area contributed by atoms with E-state index in [1.165, 1.54) is 4.90 Å². The largest absolute Gasteiger partial charge is 0.481 e. The standard InChI is InChI=1S/C17H27F2NO5/c1-14(2,3)25-13(23)20-10-4-5-15(11-20,12(21)22)16(24)6-8-17(18,19)9-7-16/h24H,4-11H2,1-3H3,(H,21,22). The van der Waals surface area contributed by atoms with Crippen LogP contribution in [0.25, 0.3) is 0 Å². The van der Waals surface area contributed by atoms with Gasteiger partial charge in [0, 0.05) is 25.9 Å². The number of ether oxygens (including phenoxy) is 1. The molecular formula is C17H27F2NO5. The number of piperidine rings is 1. The van der Waals surface area contributed by atoms with Crippen molar-refractivity contribution < 1.29 is 33.3 Å². The Morgan fingerprint density at radius 2 is 1.64 bits per heavy atom. The zero-order chi connectivity index (χ0) is 19.1. The van der Waals surface area contributed by atoms with Crippen molar-refractivity contribution >= 4 is 12.1 Å². The Labute approximate surface area is 146 Å². The van der Waals surface area contributed by atoms with Gasteiger partial charge in [-0.3, -0.25) is 4.79 Å². The zero-order valence-corrected chi connectivity index (χ0v) is 15.0. The molecule has 1 heterocycles. The molecule has 2 rings (SSSR count). The number of aliphatic carboxylic acids is 1. The maximum atomic E-state index is 13.5. The predicted molar refractivity (Wildman–Crippen MR) is 85.5 cm³/mol. The van der Waals surface area contributed by atoms with Crippen LogP contribution in [0.5, 0.6) is 0 Å². The van der Waals surface area contributed by atoms with Crippen LogP contribution in [0.2, 0.25) is 0 Å². The molecule has 1 saturated heterocycles. The average Bonchev–Trinajstić information content (AvgIpc) is 2.48. The smallest absolute Gasteiger partial charge is 0.410 e. The summed E-state index contributed by atoms with van der Waals surface area (Å²) in [6.45, 7) is 5.19. The number of aliphatic hydroxyl groups is 1. The molecule has 1 amide bonds. The number of carboxylic acid groups (broad SMARTS) is 1. The number of carboxylic acids is 1. The molecule has 25 heavy (non-hydrogen) atoms. The van der Waals surface area contributed by atoms with E-state index < -0.39 is 47.4 Å². The molecule has 1 saturated carbocycles. The quantitative estimate of drug-likeness (QED) is 0.787. The second-order valence-corrected chi connectivity index (χ2v) is 8.28. The summed E-state index contributed by atoms with van der Waals surface area (Å²) >= 11 is 0. The Morgan fingerprint density at radius 1 is 1.08 bits per heavy atom. The first-order chi connectivity index (χ1) is 11.3. The van der Waals surface area contributed by atoms with Crippen molar-refractivity contribution in [1.29, 1.82) is 0 Å². The molecule has 1 aliphatic heterocycles. The summed E-state index contributed by atoms with van der Waals surface area (Å²) in [6, 6.07) is 0. The van der Waals surface area contributed by atoms with Gasteiger partial charge in [-0.25, -0.2) is 13.6 Å². The number of halogens is 2. The number of rotatable bonds is 2. The third kappa shape index (κ3) is 4.04. The Kier molecular flexibility index (Phi) is 5.07. The minimum atomic E-state index is -2.88. The van der Waals surface area contributed by atoms with Crippen LogP contribution >= 0.6 is 0 Å². The van der Waals surface area contributed by atoms with Gasteiger partial charge in [0.2, 0.25) is 5.92 Å². The highest BCUT2D eigenvalue weighted by atomic mass is 19.3. The topological polar surface area (TPSA) is 87.1 Å². The molecule has 144 valence electrons. The number of nitrogens with zero attached hydrogens (tertiary/aromatic N) is 1. The monoisotopic (exact) mass is 363 g/mol. The Bertz CT molecular complexity index is 536. The van der Waals surface area contributed by atoms with Crippen LogP contribution in [0, 0.1) is 5.41 Å². The lowest BCUT2D eigenvalue weighted by Crippen LogP contribution is -2.63. The molecule has 0 spiro atoms. The highest BCUT2D eigenvalue weighted by Crippen LogP contribution is 2.51. The normalized spacial score (nSPS) is 29.1. The van der Waals surface area contributed by atoms with E-state index in [1.807, 2.05) is 0 Å². The maximum absolute atomic E-state index is 13.5. The highest BCUT2D eigenvalue weighted by Gasteiger charge is 2.60. The molecule has 1 aliphatic carbocycles. The number of alkyl halides is 2. The summed E-state index contributed by atoms with van der Waals surface area (Å²) in [6.07, 6.45) is -1.84. The molecule has 8 heteroatoms. The van der Waals surface area contributed by atoms with E-state index in [1.54, 1.807) is 20.8 Å². The van der Waals surface area contributed by atoms with Crippen LogP contribution in [0.3, 0.4) is 0 Å². The molecule has 0 radical (unpaired) electrons. The number of amides is 1. The summed E-state index contributed by atoms with van der Waals surface area (Å²) in [5.41, 5.74) is -4.15. The third-order valence-corrected chi connectivity index (χ3v) is 5.25. The van der Waals surface area contributed by atoms with Crippen molar-refractivity contribution in [3.05, 3.63) is 0 Å². The van der Waals surface area contributed by atoms with Crippen LogP contribution in [-0.4, -0.2) is 57.4 Å². The fourth-order valence-electron chi connectivity index (χ4n) is 3.80. The first kappa shape index (κ1) is 19.9. The van der Waals surface area contributed by atoms with Crippen LogP contribution in [0.15, 0.2) is 0 Å². The summed E-state index contributed by atoms with van der Waals surface area (Å²) < 4.78 is 32.3. The van der Waals surface area contributed by atoms with Crippen molar-refractivity contribution in [3.8, 4) is 0 Å². The molecule has 1 atom stereocenters. The van der Waals surface area contributed by atoms with Gasteiger partial charge in [0.1, 0.15) is 11.0 Å². The number of hydrogen-bond acceptors (Lipinski definition) is 4. The van der Waals surface area contributed by atoms with Crippen molar-refractivity contribution in [1.82, 2.24) is 4.90 Å². The van der Waals surface area contributed by atoms with Crippen molar-refractivity contribution in [2.75, 3.05) is 13.1 Å². The summed E-state index contributed by atoms with van der Waals surface area (Å²) in [4.78, 5) is 25.7. The van der Waals surface area contributed by atoms with E-state index in [4.69, 9.17) is 4.74 Å². The van der Waals surface area contributed by atoms with Gasteiger partial charge in [0.05, 0.1) is 5.60 Å². The van der Waals surface area contributed by atoms with E-state index >= 15 is 0 Å². The first-order valence-electron chi connectivity index (χ1n) is 8.62. The maximum Gasteiger partial charge on any atom is 0.410 e. The molecular weight excluding hydrogens is 336 g/mol. The van der Waals surface area contributed by atoms with Crippen LogP contribution < -0.4 is 0 Å². The second-order valence-electron chi connectivity index (χ2n) is 8.28. The highest BCUT2D eigenvalue weighted by molar-refractivity contribution is 5.78.